The van der Waals surface area contributed by atoms with Crippen LogP contribution in [0, 0.1) is 0 Å². The van der Waals surface area contributed by atoms with Gasteiger partial charge in [-0.05, 0) is 12.8 Å². The first-order valence-electron chi connectivity index (χ1n) is 3.98. The lowest BCUT2D eigenvalue weighted by molar-refractivity contribution is 0.0617. The second-order valence-corrected chi connectivity index (χ2v) is 4.00. The smallest absolute Gasteiger partial charge is 0.396 e. The summed E-state index contributed by atoms with van der Waals surface area (Å²) in [6, 6.07) is 0. The summed E-state index contributed by atoms with van der Waals surface area (Å²) < 4.78 is 4.35. The van der Waals surface area contributed by atoms with Crippen molar-refractivity contribution in [3.8, 4) is 0 Å². The second-order valence-electron chi connectivity index (χ2n) is 2.56. The number of hydrogen-bond donors (Lipinski definition) is 4. The molecule has 4 N–H and O–H groups in total. The van der Waals surface area contributed by atoms with E-state index in [1.807, 2.05) is 0 Å². The predicted molar refractivity (Wildman–Crippen MR) is 43.9 cm³/mol. The minimum atomic E-state index is -4.28. The summed E-state index contributed by atoms with van der Waals surface area (Å²) in [5.41, 5.74) is 0. The van der Waals surface area contributed by atoms with E-state index >= 15 is 0 Å². The quantitative estimate of drug-likeness (QED) is 0.309. The number of unbranched alkanes of at least 4 members (excludes halogenated alkanes) is 3. The Kier molecular flexibility index (Phi) is 6.53. The Morgan fingerprint density at radius 2 is 1.50 bits per heavy atom. The van der Waals surface area contributed by atoms with Crippen molar-refractivity contribution in [2.45, 2.75) is 25.7 Å². The highest BCUT2D eigenvalue weighted by atomic mass is 28.4. The lowest BCUT2D eigenvalue weighted by Gasteiger charge is -2.08. The van der Waals surface area contributed by atoms with Gasteiger partial charge in [0.1, 0.15) is 0 Å². The first-order valence-corrected chi connectivity index (χ1v) is 5.73. The van der Waals surface area contributed by atoms with Gasteiger partial charge in [-0.1, -0.05) is 12.8 Å². The summed E-state index contributed by atoms with van der Waals surface area (Å²) in [7, 11) is -4.28. The van der Waals surface area contributed by atoms with Crippen molar-refractivity contribution in [3.63, 3.8) is 0 Å². The molecule has 0 aliphatic carbocycles. The van der Waals surface area contributed by atoms with Crippen LogP contribution in [-0.4, -0.2) is 41.8 Å². The van der Waals surface area contributed by atoms with Gasteiger partial charge in [0, 0.05) is 13.2 Å². The van der Waals surface area contributed by atoms with Crippen molar-refractivity contribution in [2.24, 2.45) is 0 Å². The van der Waals surface area contributed by atoms with Gasteiger partial charge < -0.3 is 23.9 Å². The van der Waals surface area contributed by atoms with Crippen molar-refractivity contribution in [1.29, 1.82) is 0 Å². The van der Waals surface area contributed by atoms with Crippen LogP contribution >= 0.6 is 0 Å². The zero-order valence-electron chi connectivity index (χ0n) is 6.94. The highest BCUT2D eigenvalue weighted by molar-refractivity contribution is 6.48. The van der Waals surface area contributed by atoms with Crippen molar-refractivity contribution < 1.29 is 23.9 Å². The van der Waals surface area contributed by atoms with Crippen molar-refractivity contribution in [2.75, 3.05) is 13.2 Å². The molecule has 0 aromatic carbocycles. The van der Waals surface area contributed by atoms with Crippen LogP contribution in [0.2, 0.25) is 0 Å². The molecule has 0 bridgehead atoms. The molecule has 0 rings (SSSR count). The van der Waals surface area contributed by atoms with E-state index in [1.165, 1.54) is 0 Å². The van der Waals surface area contributed by atoms with Gasteiger partial charge in [0.2, 0.25) is 0 Å². The molecule has 0 atom stereocenters. The third-order valence-corrected chi connectivity index (χ3v) is 1.94. The number of aliphatic hydroxyl groups excluding tert-OH is 1. The van der Waals surface area contributed by atoms with E-state index in [4.69, 9.17) is 19.5 Å². The van der Waals surface area contributed by atoms with E-state index in [9.17, 15) is 0 Å². The molecule has 0 heterocycles. The normalized spacial score (nSPS) is 12.0. The molecule has 12 heavy (non-hydrogen) atoms. The molecule has 0 saturated carbocycles. The summed E-state index contributed by atoms with van der Waals surface area (Å²) >= 11 is 0. The highest BCUT2D eigenvalue weighted by Gasteiger charge is 2.29. The summed E-state index contributed by atoms with van der Waals surface area (Å²) in [5.74, 6) is 0. The molecular formula is C6H16O5Si. The number of hydrogen-bond acceptors (Lipinski definition) is 5. The maximum Gasteiger partial charge on any atom is 0.671 e. The van der Waals surface area contributed by atoms with Gasteiger partial charge in [0.15, 0.2) is 0 Å². The van der Waals surface area contributed by atoms with E-state index in [0.29, 0.717) is 6.42 Å². The SMILES string of the molecule is OCCCCCCO[Si](O)(O)O. The lowest BCUT2D eigenvalue weighted by Crippen LogP contribution is -2.39. The second kappa shape index (κ2) is 6.52. The molecule has 0 aliphatic rings. The molecule has 0 aromatic heterocycles. The topological polar surface area (TPSA) is 90.2 Å². The molecule has 0 unspecified atom stereocenters. The zero-order valence-corrected chi connectivity index (χ0v) is 7.94. The third kappa shape index (κ3) is 10.0. The predicted octanol–water partition coefficient (Wildman–Crippen LogP) is -1.03. The zero-order chi connectivity index (χ0) is 9.45. The average molecular weight is 196 g/mol. The molecule has 74 valence electrons. The Labute approximate surface area is 72.7 Å². The van der Waals surface area contributed by atoms with Gasteiger partial charge in [-0.25, -0.2) is 0 Å². The lowest BCUT2D eigenvalue weighted by atomic mass is 10.2. The van der Waals surface area contributed by atoms with Gasteiger partial charge in [-0.15, -0.1) is 0 Å². The van der Waals surface area contributed by atoms with Gasteiger partial charge in [0.05, 0.1) is 0 Å². The van der Waals surface area contributed by atoms with Crippen LogP contribution in [0.25, 0.3) is 0 Å². The van der Waals surface area contributed by atoms with Crippen molar-refractivity contribution in [3.05, 3.63) is 0 Å². The van der Waals surface area contributed by atoms with Crippen LogP contribution in [-0.2, 0) is 4.43 Å². The van der Waals surface area contributed by atoms with Crippen LogP contribution in [0.4, 0.5) is 0 Å². The summed E-state index contributed by atoms with van der Waals surface area (Å²) in [5, 5.41) is 8.41. The van der Waals surface area contributed by atoms with Gasteiger partial charge in [-0.3, -0.25) is 0 Å². The fourth-order valence-corrected chi connectivity index (χ4v) is 1.19. The Hall–Kier alpha value is 0.0169. The molecule has 6 heteroatoms. The van der Waals surface area contributed by atoms with Crippen LogP contribution < -0.4 is 0 Å². The van der Waals surface area contributed by atoms with E-state index < -0.39 is 9.05 Å². The molecule has 0 fully saturated rings. The minimum absolute atomic E-state index is 0.154. The standard InChI is InChI=1S/C6H16O5Si/c7-5-3-1-2-4-6-11-12(8,9)10/h7-10H,1-6H2. The van der Waals surface area contributed by atoms with Crippen molar-refractivity contribution in [1.82, 2.24) is 0 Å². The Morgan fingerprint density at radius 3 is 2.00 bits per heavy atom. The van der Waals surface area contributed by atoms with Crippen LogP contribution in [0.1, 0.15) is 25.7 Å². The molecule has 0 aliphatic heterocycles. The Morgan fingerprint density at radius 1 is 0.917 bits per heavy atom. The van der Waals surface area contributed by atoms with E-state index in [1.54, 1.807) is 0 Å². The highest BCUT2D eigenvalue weighted by Crippen LogP contribution is 2.00. The van der Waals surface area contributed by atoms with E-state index in [2.05, 4.69) is 4.43 Å². The molecule has 0 spiro atoms. The third-order valence-electron chi connectivity index (χ3n) is 1.35. The fraction of sp³-hybridized carbons (Fsp3) is 1.00. The van der Waals surface area contributed by atoms with Crippen molar-refractivity contribution >= 4 is 9.05 Å². The van der Waals surface area contributed by atoms with E-state index in [0.717, 1.165) is 19.3 Å². The maximum atomic E-state index is 8.41. The molecule has 0 saturated heterocycles. The summed E-state index contributed by atoms with van der Waals surface area (Å²) in [6.07, 6.45) is 3.15. The Balaban J connectivity index is 3.01. The van der Waals surface area contributed by atoms with Crippen LogP contribution in [0.5, 0.6) is 0 Å². The average Bonchev–Trinajstić information content (AvgIpc) is 1.94. The Bertz CT molecular complexity index is 103. The molecule has 0 amide bonds. The molecule has 0 aromatic rings. The van der Waals surface area contributed by atoms with Gasteiger partial charge in [0.25, 0.3) is 0 Å². The molecular weight excluding hydrogens is 180 g/mol. The number of rotatable bonds is 7. The van der Waals surface area contributed by atoms with Gasteiger partial charge >= 0.3 is 9.05 Å². The van der Waals surface area contributed by atoms with Crippen LogP contribution in [0.15, 0.2) is 0 Å². The van der Waals surface area contributed by atoms with Gasteiger partial charge in [-0.2, -0.15) is 0 Å². The fourth-order valence-electron chi connectivity index (χ4n) is 0.777. The molecule has 0 radical (unpaired) electrons. The summed E-state index contributed by atoms with van der Waals surface area (Å²) in [4.78, 5) is 25.2. The maximum absolute atomic E-state index is 8.41. The monoisotopic (exact) mass is 196 g/mol. The minimum Gasteiger partial charge on any atom is -0.396 e. The first kappa shape index (κ1) is 12.0. The summed E-state index contributed by atoms with van der Waals surface area (Å²) in [6.45, 7) is 0.334. The van der Waals surface area contributed by atoms with Crippen LogP contribution in [0.3, 0.4) is 0 Å². The molecule has 5 nitrogen and oxygen atoms in total. The number of aliphatic hydroxyl groups is 1. The van der Waals surface area contributed by atoms with E-state index in [-0.39, 0.29) is 13.2 Å². The first-order chi connectivity index (χ1) is 5.56. The largest absolute Gasteiger partial charge is 0.671 e.